The van der Waals surface area contributed by atoms with Crippen LogP contribution in [0.15, 0.2) is 64.0 Å². The second-order valence-corrected chi connectivity index (χ2v) is 6.37. The lowest BCUT2D eigenvalue weighted by Gasteiger charge is -2.05. The third-order valence-electron chi connectivity index (χ3n) is 2.92. The third kappa shape index (κ3) is 2.24. The highest BCUT2D eigenvalue weighted by Crippen LogP contribution is 2.23. The van der Waals surface area contributed by atoms with Crippen LogP contribution >= 0.6 is 0 Å². The van der Waals surface area contributed by atoms with Gasteiger partial charge in [0, 0.05) is 10.3 Å². The Bertz CT molecular complexity index is 808. The van der Waals surface area contributed by atoms with E-state index < -0.39 is 9.73 Å². The van der Waals surface area contributed by atoms with Crippen LogP contribution in [0.2, 0.25) is 0 Å². The van der Waals surface area contributed by atoms with Crippen molar-refractivity contribution in [2.75, 3.05) is 0 Å². The van der Waals surface area contributed by atoms with Gasteiger partial charge >= 0.3 is 0 Å². The van der Waals surface area contributed by atoms with Crippen molar-refractivity contribution in [3.8, 4) is 0 Å². The minimum absolute atomic E-state index is 0.0635. The Kier molecular flexibility index (Phi) is 2.83. The molecule has 1 unspecified atom stereocenters. The number of hydrogen-bond donors (Lipinski definition) is 1. The molecule has 1 heterocycles. The summed E-state index contributed by atoms with van der Waals surface area (Å²) in [5.74, 6) is 0.0635. The number of rotatable bonds is 3. The van der Waals surface area contributed by atoms with Crippen LogP contribution in [0, 0.1) is 4.78 Å². The summed E-state index contributed by atoms with van der Waals surface area (Å²) in [7, 11) is -2.90. The van der Waals surface area contributed by atoms with Crippen molar-refractivity contribution in [1.29, 1.82) is 4.78 Å². The predicted octanol–water partition coefficient (Wildman–Crippen LogP) is 3.43. The molecular weight excluding hydrogens is 260 g/mol. The molecule has 0 spiro atoms. The summed E-state index contributed by atoms with van der Waals surface area (Å²) in [4.78, 5) is 0.516. The first-order chi connectivity index (χ1) is 9.17. The van der Waals surface area contributed by atoms with Crippen LogP contribution in [0.1, 0.15) is 5.69 Å². The zero-order valence-corrected chi connectivity index (χ0v) is 10.9. The number of fused-ring (bicyclic) bond motifs is 1. The van der Waals surface area contributed by atoms with E-state index in [1.54, 1.807) is 30.3 Å². The molecule has 0 amide bonds. The molecule has 0 fully saturated rings. The zero-order chi connectivity index (χ0) is 13.3. The van der Waals surface area contributed by atoms with Gasteiger partial charge in [0.1, 0.15) is 5.69 Å². The van der Waals surface area contributed by atoms with E-state index in [0.717, 1.165) is 5.39 Å². The molecule has 0 saturated carbocycles. The molecule has 0 saturated heterocycles. The molecule has 1 aromatic heterocycles. The third-order valence-corrected chi connectivity index (χ3v) is 4.63. The lowest BCUT2D eigenvalue weighted by atomic mass is 10.2. The van der Waals surface area contributed by atoms with Gasteiger partial charge in [-0.1, -0.05) is 35.5 Å². The van der Waals surface area contributed by atoms with E-state index in [-0.39, 0.29) is 5.75 Å². The smallest absolute Gasteiger partial charge is 0.167 e. The fraction of sp³-hybridized carbons (Fsp3) is 0.0714. The molecule has 19 heavy (non-hydrogen) atoms. The molecule has 5 heteroatoms. The Labute approximate surface area is 111 Å². The van der Waals surface area contributed by atoms with Crippen molar-refractivity contribution < 1.29 is 8.73 Å². The summed E-state index contributed by atoms with van der Waals surface area (Å²) in [6, 6.07) is 16.2. The maximum absolute atomic E-state index is 12.5. The van der Waals surface area contributed by atoms with E-state index in [4.69, 9.17) is 9.30 Å². The summed E-state index contributed by atoms with van der Waals surface area (Å²) in [6.07, 6.45) is 0. The molecule has 3 aromatic rings. The Hall–Kier alpha value is -2.14. The maximum atomic E-state index is 12.5. The monoisotopic (exact) mass is 272 g/mol. The van der Waals surface area contributed by atoms with Crippen molar-refractivity contribution in [1.82, 2.24) is 5.16 Å². The molecule has 1 N–H and O–H groups in total. The molecule has 96 valence electrons. The maximum Gasteiger partial charge on any atom is 0.167 e. The fourth-order valence-corrected chi connectivity index (χ4v) is 3.32. The SMILES string of the molecule is N=S(=O)(Cc1noc2ccccc12)c1ccccc1. The highest BCUT2D eigenvalue weighted by atomic mass is 32.2. The number of nitrogens with one attached hydrogen (secondary N) is 1. The lowest BCUT2D eigenvalue weighted by molar-refractivity contribution is 0.449. The van der Waals surface area contributed by atoms with E-state index in [1.165, 1.54) is 0 Å². The minimum Gasteiger partial charge on any atom is -0.356 e. The van der Waals surface area contributed by atoms with Crippen LogP contribution in [-0.4, -0.2) is 9.37 Å². The van der Waals surface area contributed by atoms with Crippen LogP contribution in [-0.2, 0) is 15.5 Å². The average Bonchev–Trinajstić information content (AvgIpc) is 2.83. The quantitative estimate of drug-likeness (QED) is 0.794. The van der Waals surface area contributed by atoms with E-state index >= 15 is 0 Å². The summed E-state index contributed by atoms with van der Waals surface area (Å²) in [5.41, 5.74) is 1.22. The van der Waals surface area contributed by atoms with Crippen LogP contribution in [0.5, 0.6) is 0 Å². The van der Waals surface area contributed by atoms with Gasteiger partial charge in [0.15, 0.2) is 5.58 Å². The van der Waals surface area contributed by atoms with Gasteiger partial charge in [0.25, 0.3) is 0 Å². The van der Waals surface area contributed by atoms with Gasteiger partial charge in [-0.15, -0.1) is 0 Å². The first-order valence-corrected chi connectivity index (χ1v) is 7.54. The van der Waals surface area contributed by atoms with Gasteiger partial charge < -0.3 is 4.52 Å². The lowest BCUT2D eigenvalue weighted by Crippen LogP contribution is -2.03. The molecule has 0 aliphatic heterocycles. The fourth-order valence-electron chi connectivity index (χ4n) is 1.96. The molecular formula is C14H12N2O2S. The molecule has 3 rings (SSSR count). The highest BCUT2D eigenvalue weighted by molar-refractivity contribution is 7.91. The van der Waals surface area contributed by atoms with Gasteiger partial charge in [0.05, 0.1) is 15.5 Å². The van der Waals surface area contributed by atoms with Crippen molar-refractivity contribution in [2.45, 2.75) is 10.6 Å². The van der Waals surface area contributed by atoms with E-state index in [1.807, 2.05) is 24.3 Å². The minimum atomic E-state index is -2.90. The van der Waals surface area contributed by atoms with Crippen LogP contribution in [0.25, 0.3) is 11.0 Å². The number of hydrogen-bond acceptors (Lipinski definition) is 4. The predicted molar refractivity (Wildman–Crippen MR) is 73.3 cm³/mol. The molecule has 4 nitrogen and oxygen atoms in total. The van der Waals surface area contributed by atoms with Crippen LogP contribution < -0.4 is 0 Å². The number of benzene rings is 2. The number of para-hydroxylation sites is 1. The molecule has 0 bridgehead atoms. The molecule has 1 atom stereocenters. The zero-order valence-electron chi connectivity index (χ0n) is 10.1. The van der Waals surface area contributed by atoms with E-state index in [0.29, 0.717) is 16.2 Å². The van der Waals surface area contributed by atoms with Crippen molar-refractivity contribution in [3.05, 3.63) is 60.3 Å². The Morgan fingerprint density at radius 1 is 1.05 bits per heavy atom. The molecule has 2 aromatic carbocycles. The van der Waals surface area contributed by atoms with Gasteiger partial charge in [-0.25, -0.2) is 8.99 Å². The molecule has 0 radical (unpaired) electrons. The standard InChI is InChI=1S/C14H12N2O2S/c15-19(17,11-6-2-1-3-7-11)10-13-12-8-4-5-9-14(12)18-16-13/h1-9,15H,10H2. The summed E-state index contributed by atoms with van der Waals surface area (Å²) < 4.78 is 25.7. The van der Waals surface area contributed by atoms with Crippen molar-refractivity contribution in [3.63, 3.8) is 0 Å². The molecule has 0 aliphatic carbocycles. The van der Waals surface area contributed by atoms with Gasteiger partial charge in [-0.05, 0) is 24.3 Å². The summed E-state index contributed by atoms with van der Waals surface area (Å²) in [5, 5.41) is 4.75. The largest absolute Gasteiger partial charge is 0.356 e. The number of aromatic nitrogens is 1. The van der Waals surface area contributed by atoms with Crippen LogP contribution in [0.3, 0.4) is 0 Å². The second kappa shape index (κ2) is 4.51. The average molecular weight is 272 g/mol. The van der Waals surface area contributed by atoms with Crippen molar-refractivity contribution in [2.24, 2.45) is 0 Å². The van der Waals surface area contributed by atoms with E-state index in [2.05, 4.69) is 5.16 Å². The van der Waals surface area contributed by atoms with Crippen LogP contribution in [0.4, 0.5) is 0 Å². The number of nitrogens with zero attached hydrogens (tertiary/aromatic N) is 1. The first-order valence-electron chi connectivity index (χ1n) is 5.82. The Morgan fingerprint density at radius 2 is 1.74 bits per heavy atom. The topological polar surface area (TPSA) is 67.0 Å². The van der Waals surface area contributed by atoms with Crippen molar-refractivity contribution >= 4 is 20.7 Å². The normalized spacial score (nSPS) is 14.3. The Morgan fingerprint density at radius 3 is 2.53 bits per heavy atom. The van der Waals surface area contributed by atoms with Gasteiger partial charge in [-0.2, -0.15) is 0 Å². The second-order valence-electron chi connectivity index (χ2n) is 4.26. The summed E-state index contributed by atoms with van der Waals surface area (Å²) in [6.45, 7) is 0. The first kappa shape index (κ1) is 11.9. The van der Waals surface area contributed by atoms with Gasteiger partial charge in [-0.3, -0.25) is 0 Å². The van der Waals surface area contributed by atoms with Gasteiger partial charge in [0.2, 0.25) is 0 Å². The Balaban J connectivity index is 2.02. The van der Waals surface area contributed by atoms with E-state index in [9.17, 15) is 4.21 Å². The molecule has 0 aliphatic rings. The highest BCUT2D eigenvalue weighted by Gasteiger charge is 2.16. The summed E-state index contributed by atoms with van der Waals surface area (Å²) >= 11 is 0.